The van der Waals surface area contributed by atoms with Crippen LogP contribution in [0.5, 0.6) is 5.75 Å². The van der Waals surface area contributed by atoms with Crippen molar-refractivity contribution in [1.82, 2.24) is 19.8 Å². The molecule has 2 aromatic heterocycles. The van der Waals surface area contributed by atoms with E-state index >= 15 is 0 Å². The van der Waals surface area contributed by atoms with E-state index in [1.54, 1.807) is 19.5 Å². The zero-order valence-corrected chi connectivity index (χ0v) is 21.6. The SMILES string of the molecule is COc1cc(/C=C/c2cncc(C#N)c2Nc2ccc3[nH]ccc3c2C)ccc1CN1CCN(C)CC1. The maximum Gasteiger partial charge on any atom is 0.123 e. The van der Waals surface area contributed by atoms with Gasteiger partial charge in [-0.2, -0.15) is 5.26 Å². The second-order valence-corrected chi connectivity index (χ2v) is 9.55. The first-order valence-electron chi connectivity index (χ1n) is 12.5. The van der Waals surface area contributed by atoms with Crippen molar-refractivity contribution in [3.05, 3.63) is 82.8 Å². The second-order valence-electron chi connectivity index (χ2n) is 9.55. The number of nitrogens with zero attached hydrogens (tertiary/aromatic N) is 4. The van der Waals surface area contributed by atoms with E-state index in [4.69, 9.17) is 4.74 Å². The summed E-state index contributed by atoms with van der Waals surface area (Å²) in [5, 5.41) is 14.4. The Kier molecular flexibility index (Phi) is 7.22. The molecule has 0 spiro atoms. The molecular weight excluding hydrogens is 460 g/mol. The summed E-state index contributed by atoms with van der Waals surface area (Å²) in [5.74, 6) is 0.888. The maximum atomic E-state index is 9.78. The normalized spacial score (nSPS) is 14.8. The Morgan fingerprint density at radius 2 is 1.95 bits per heavy atom. The number of fused-ring (bicyclic) bond motifs is 1. The van der Waals surface area contributed by atoms with E-state index in [1.807, 2.05) is 30.5 Å². The van der Waals surface area contributed by atoms with Crippen molar-refractivity contribution >= 4 is 34.4 Å². The monoisotopic (exact) mass is 492 g/mol. The first-order chi connectivity index (χ1) is 18.1. The van der Waals surface area contributed by atoms with Crippen LogP contribution in [0.3, 0.4) is 0 Å². The molecule has 0 saturated carbocycles. The quantitative estimate of drug-likeness (QED) is 0.359. The van der Waals surface area contributed by atoms with Crippen LogP contribution < -0.4 is 10.1 Å². The third-order valence-corrected chi connectivity index (χ3v) is 7.12. The minimum Gasteiger partial charge on any atom is -0.496 e. The Hall–Kier alpha value is -4.12. The van der Waals surface area contributed by atoms with Gasteiger partial charge in [-0.15, -0.1) is 0 Å². The molecule has 1 aliphatic rings. The van der Waals surface area contributed by atoms with Crippen LogP contribution in [0, 0.1) is 18.3 Å². The van der Waals surface area contributed by atoms with Crippen LogP contribution in [0.1, 0.15) is 27.8 Å². The van der Waals surface area contributed by atoms with E-state index < -0.39 is 0 Å². The number of nitrogens with one attached hydrogen (secondary N) is 2. The summed E-state index contributed by atoms with van der Waals surface area (Å²) in [6, 6.07) is 14.8. The molecule has 7 heteroatoms. The van der Waals surface area contributed by atoms with Crippen molar-refractivity contribution in [2.24, 2.45) is 0 Å². The maximum absolute atomic E-state index is 9.78. The van der Waals surface area contributed by atoms with Gasteiger partial charge in [0, 0.05) is 79.0 Å². The number of aromatic amines is 1. The van der Waals surface area contributed by atoms with E-state index in [0.29, 0.717) is 5.56 Å². The van der Waals surface area contributed by atoms with Crippen LogP contribution in [0.4, 0.5) is 11.4 Å². The zero-order valence-electron chi connectivity index (χ0n) is 21.6. The number of ether oxygens (including phenoxy) is 1. The predicted molar refractivity (Wildman–Crippen MR) is 150 cm³/mol. The molecule has 0 aliphatic carbocycles. The molecule has 0 unspecified atom stereocenters. The number of hydrogen-bond donors (Lipinski definition) is 2. The highest BCUT2D eigenvalue weighted by Gasteiger charge is 2.16. The van der Waals surface area contributed by atoms with E-state index in [1.165, 1.54) is 5.56 Å². The number of methoxy groups -OCH3 is 1. The Morgan fingerprint density at radius 3 is 2.73 bits per heavy atom. The molecule has 37 heavy (non-hydrogen) atoms. The van der Waals surface area contributed by atoms with Gasteiger partial charge in [-0.1, -0.05) is 24.3 Å². The van der Waals surface area contributed by atoms with E-state index in [0.717, 1.165) is 77.4 Å². The van der Waals surface area contributed by atoms with Gasteiger partial charge in [0.05, 0.1) is 18.4 Å². The summed E-state index contributed by atoms with van der Waals surface area (Å²) in [6.45, 7) is 7.28. The lowest BCUT2D eigenvalue weighted by Gasteiger charge is -2.32. The summed E-state index contributed by atoms with van der Waals surface area (Å²) in [4.78, 5) is 12.4. The number of hydrogen-bond acceptors (Lipinski definition) is 6. The first-order valence-corrected chi connectivity index (χ1v) is 12.5. The fourth-order valence-corrected chi connectivity index (χ4v) is 4.81. The number of aromatic nitrogens is 2. The second kappa shape index (κ2) is 10.9. The number of rotatable bonds is 7. The highest BCUT2D eigenvalue weighted by atomic mass is 16.5. The molecule has 2 N–H and O–H groups in total. The highest BCUT2D eigenvalue weighted by molar-refractivity contribution is 5.90. The average Bonchev–Trinajstić information content (AvgIpc) is 3.41. The topological polar surface area (TPSA) is 80.2 Å². The van der Waals surface area contributed by atoms with Gasteiger partial charge in [-0.25, -0.2) is 0 Å². The third-order valence-electron chi connectivity index (χ3n) is 7.12. The number of benzene rings is 2. The third kappa shape index (κ3) is 5.36. The smallest absolute Gasteiger partial charge is 0.123 e. The molecule has 7 nitrogen and oxygen atoms in total. The van der Waals surface area contributed by atoms with Crippen molar-refractivity contribution in [2.45, 2.75) is 13.5 Å². The molecule has 5 rings (SSSR count). The number of anilines is 2. The van der Waals surface area contributed by atoms with Crippen LogP contribution in [0.15, 0.2) is 55.0 Å². The number of H-pyrrole nitrogens is 1. The standard InChI is InChI=1S/C30H32N6O/c1-21-26-10-11-33-28(26)9-8-27(21)34-30-23(18-32-19-25(30)17-31)6-4-22-5-7-24(29(16-22)37-3)20-36-14-12-35(2)13-15-36/h4-11,16,18-19,33H,12-15,20H2,1-3H3,(H,32,34)/b6-4+. The van der Waals surface area contributed by atoms with Crippen molar-refractivity contribution < 1.29 is 4.74 Å². The zero-order chi connectivity index (χ0) is 25.8. The molecule has 0 bridgehead atoms. The fraction of sp³-hybridized carbons (Fsp3) is 0.267. The number of aryl methyl sites for hydroxylation is 1. The van der Waals surface area contributed by atoms with E-state index in [-0.39, 0.29) is 0 Å². The summed E-state index contributed by atoms with van der Waals surface area (Å²) in [5.41, 5.74) is 7.46. The van der Waals surface area contributed by atoms with Gasteiger partial charge in [0.2, 0.25) is 0 Å². The number of nitriles is 1. The minimum atomic E-state index is 0.496. The molecule has 1 fully saturated rings. The van der Waals surface area contributed by atoms with E-state index in [9.17, 15) is 5.26 Å². The van der Waals surface area contributed by atoms with Crippen LogP contribution >= 0.6 is 0 Å². The largest absolute Gasteiger partial charge is 0.496 e. The van der Waals surface area contributed by atoms with Crippen LogP contribution in [0.25, 0.3) is 23.1 Å². The average molecular weight is 493 g/mol. The lowest BCUT2D eigenvalue weighted by atomic mass is 10.1. The van der Waals surface area contributed by atoms with Gasteiger partial charge in [-0.3, -0.25) is 9.88 Å². The van der Waals surface area contributed by atoms with E-state index in [2.05, 4.69) is 69.4 Å². The number of piperazine rings is 1. The Bertz CT molecular complexity index is 1470. The predicted octanol–water partition coefficient (Wildman–Crippen LogP) is 5.41. The van der Waals surface area contributed by atoms with Crippen molar-refractivity contribution in [3.8, 4) is 11.8 Å². The molecule has 0 atom stereocenters. The lowest BCUT2D eigenvalue weighted by molar-refractivity contribution is 0.147. The highest BCUT2D eigenvalue weighted by Crippen LogP contribution is 2.31. The fourth-order valence-electron chi connectivity index (χ4n) is 4.81. The molecular formula is C30H32N6O. The summed E-state index contributed by atoms with van der Waals surface area (Å²) in [6.07, 6.45) is 9.35. The summed E-state index contributed by atoms with van der Waals surface area (Å²) < 4.78 is 5.74. The molecule has 188 valence electrons. The van der Waals surface area contributed by atoms with Gasteiger partial charge >= 0.3 is 0 Å². The minimum absolute atomic E-state index is 0.496. The number of likely N-dealkylation sites (N-methyl/N-ethyl adjacent to an activating group) is 1. The molecule has 0 amide bonds. The Labute approximate surface area is 218 Å². The van der Waals surface area contributed by atoms with Gasteiger partial charge in [0.25, 0.3) is 0 Å². The van der Waals surface area contributed by atoms with Crippen LogP contribution in [-0.4, -0.2) is 60.1 Å². The van der Waals surface area contributed by atoms with Gasteiger partial charge < -0.3 is 19.9 Å². The Balaban J connectivity index is 1.40. The van der Waals surface area contributed by atoms with Gasteiger partial charge in [0.15, 0.2) is 0 Å². The van der Waals surface area contributed by atoms with Crippen LogP contribution in [0.2, 0.25) is 0 Å². The lowest BCUT2D eigenvalue weighted by Crippen LogP contribution is -2.43. The summed E-state index contributed by atoms with van der Waals surface area (Å²) in [7, 11) is 3.89. The molecule has 2 aromatic carbocycles. The Morgan fingerprint density at radius 1 is 1.11 bits per heavy atom. The summed E-state index contributed by atoms with van der Waals surface area (Å²) >= 11 is 0. The van der Waals surface area contributed by atoms with Crippen molar-refractivity contribution in [2.75, 3.05) is 45.7 Å². The van der Waals surface area contributed by atoms with Gasteiger partial charge in [-0.05, 0) is 49.4 Å². The molecule has 1 aliphatic heterocycles. The first kappa shape index (κ1) is 24.6. The molecule has 0 radical (unpaired) electrons. The number of pyridine rings is 1. The molecule has 1 saturated heterocycles. The van der Waals surface area contributed by atoms with Crippen molar-refractivity contribution in [1.29, 1.82) is 5.26 Å². The van der Waals surface area contributed by atoms with Crippen molar-refractivity contribution in [3.63, 3.8) is 0 Å². The molecule has 3 heterocycles. The van der Waals surface area contributed by atoms with Crippen LogP contribution in [-0.2, 0) is 6.54 Å². The molecule has 4 aromatic rings. The van der Waals surface area contributed by atoms with Gasteiger partial charge in [0.1, 0.15) is 11.8 Å².